The van der Waals surface area contributed by atoms with Crippen molar-refractivity contribution in [2.75, 3.05) is 6.61 Å². The number of hydrogen-bond donors (Lipinski definition) is 0. The normalized spacial score (nSPS) is 13.9. The molecule has 3 rings (SSSR count). The fourth-order valence-electron chi connectivity index (χ4n) is 2.11. The van der Waals surface area contributed by atoms with Crippen LogP contribution in [0.15, 0.2) is 47.3 Å². The van der Waals surface area contributed by atoms with E-state index in [2.05, 4.69) is 0 Å². The minimum absolute atomic E-state index is 0.0149. The topological polar surface area (TPSA) is 31.2 Å². The minimum Gasteiger partial charge on any atom is -0.479 e. The van der Waals surface area contributed by atoms with Crippen molar-refractivity contribution in [3.8, 4) is 17.0 Å². The van der Waals surface area contributed by atoms with Crippen LogP contribution < -0.4 is 10.3 Å². The molecule has 0 N–H and O–H groups in total. The first-order chi connectivity index (χ1) is 8.34. The van der Waals surface area contributed by atoms with E-state index < -0.39 is 0 Å². The van der Waals surface area contributed by atoms with Gasteiger partial charge in [-0.25, -0.2) is 0 Å². The first kappa shape index (κ1) is 10.1. The second-order valence-corrected chi connectivity index (χ2v) is 4.14. The summed E-state index contributed by atoms with van der Waals surface area (Å²) in [6.45, 7) is 1.45. The van der Waals surface area contributed by atoms with Crippen molar-refractivity contribution in [2.45, 2.75) is 13.0 Å². The molecule has 2 aromatic rings. The molecule has 17 heavy (non-hydrogen) atoms. The Hall–Kier alpha value is -2.03. The van der Waals surface area contributed by atoms with E-state index in [0.717, 1.165) is 24.1 Å². The molecule has 0 bridgehead atoms. The number of benzene rings is 1. The Labute approximate surface area is 99.3 Å². The summed E-state index contributed by atoms with van der Waals surface area (Å²) >= 11 is 0. The number of rotatable bonds is 1. The number of nitrogens with zero attached hydrogens (tertiary/aromatic N) is 1. The van der Waals surface area contributed by atoms with Gasteiger partial charge in [0.15, 0.2) is 5.88 Å². The minimum atomic E-state index is 0.0149. The van der Waals surface area contributed by atoms with Crippen LogP contribution in [-0.2, 0) is 6.54 Å². The number of ether oxygens (including phenoxy) is 1. The Morgan fingerprint density at radius 1 is 1.06 bits per heavy atom. The third-order valence-electron chi connectivity index (χ3n) is 2.97. The van der Waals surface area contributed by atoms with Gasteiger partial charge in [-0.3, -0.25) is 9.36 Å². The monoisotopic (exact) mass is 227 g/mol. The van der Waals surface area contributed by atoms with Crippen LogP contribution in [0.5, 0.6) is 5.88 Å². The van der Waals surface area contributed by atoms with E-state index in [1.54, 1.807) is 10.6 Å². The summed E-state index contributed by atoms with van der Waals surface area (Å²) in [6.07, 6.45) is 0.900. The molecule has 1 aromatic carbocycles. The van der Waals surface area contributed by atoms with E-state index in [1.165, 1.54) is 0 Å². The second-order valence-electron chi connectivity index (χ2n) is 4.14. The van der Waals surface area contributed by atoms with Crippen molar-refractivity contribution in [3.05, 3.63) is 52.8 Å². The molecule has 0 unspecified atom stereocenters. The highest BCUT2D eigenvalue weighted by Gasteiger charge is 2.12. The molecule has 3 nitrogen and oxygen atoms in total. The molecule has 1 aliphatic rings. The fraction of sp³-hybridized carbons (Fsp3) is 0.214. The number of aromatic nitrogens is 1. The Morgan fingerprint density at radius 2 is 1.88 bits per heavy atom. The standard InChI is InChI=1S/C14H13NO2/c16-13-9-12(11-5-2-1-3-6-11)10-14-15(13)7-4-8-17-14/h1-3,5-6,9-10H,4,7-8H2. The first-order valence-electron chi connectivity index (χ1n) is 5.78. The van der Waals surface area contributed by atoms with Gasteiger partial charge in [0.1, 0.15) is 0 Å². The van der Waals surface area contributed by atoms with Crippen LogP contribution in [-0.4, -0.2) is 11.2 Å². The van der Waals surface area contributed by atoms with Crippen LogP contribution in [0, 0.1) is 0 Å². The SMILES string of the molecule is O=c1cc(-c2ccccc2)cc2n1CCCO2. The van der Waals surface area contributed by atoms with E-state index in [-0.39, 0.29) is 5.56 Å². The predicted molar refractivity (Wildman–Crippen MR) is 66.3 cm³/mol. The van der Waals surface area contributed by atoms with E-state index in [9.17, 15) is 4.79 Å². The lowest BCUT2D eigenvalue weighted by molar-refractivity contribution is 0.235. The summed E-state index contributed by atoms with van der Waals surface area (Å²) < 4.78 is 7.22. The highest BCUT2D eigenvalue weighted by atomic mass is 16.5. The molecule has 0 saturated heterocycles. The number of fused-ring (bicyclic) bond motifs is 1. The second kappa shape index (κ2) is 4.09. The van der Waals surface area contributed by atoms with Gasteiger partial charge in [0.05, 0.1) is 6.61 Å². The van der Waals surface area contributed by atoms with Crippen molar-refractivity contribution >= 4 is 0 Å². The van der Waals surface area contributed by atoms with Crippen molar-refractivity contribution in [1.29, 1.82) is 0 Å². The van der Waals surface area contributed by atoms with Crippen molar-refractivity contribution in [3.63, 3.8) is 0 Å². The molecule has 0 aliphatic carbocycles. The first-order valence-corrected chi connectivity index (χ1v) is 5.78. The average molecular weight is 227 g/mol. The molecule has 0 atom stereocenters. The number of pyridine rings is 1. The zero-order valence-corrected chi connectivity index (χ0v) is 9.43. The molecular formula is C14H13NO2. The van der Waals surface area contributed by atoms with Gasteiger partial charge in [0, 0.05) is 18.7 Å². The smallest absolute Gasteiger partial charge is 0.253 e. The average Bonchev–Trinajstić information content (AvgIpc) is 2.40. The van der Waals surface area contributed by atoms with Crippen molar-refractivity contribution in [1.82, 2.24) is 4.57 Å². The van der Waals surface area contributed by atoms with E-state index in [4.69, 9.17) is 4.74 Å². The maximum Gasteiger partial charge on any atom is 0.253 e. The van der Waals surface area contributed by atoms with Crippen molar-refractivity contribution < 1.29 is 4.74 Å². The Kier molecular flexibility index (Phi) is 2.44. The molecule has 3 heteroatoms. The lowest BCUT2D eigenvalue weighted by Gasteiger charge is -2.19. The van der Waals surface area contributed by atoms with Gasteiger partial charge in [-0.2, -0.15) is 0 Å². The number of hydrogen-bond acceptors (Lipinski definition) is 2. The highest BCUT2D eigenvalue weighted by Crippen LogP contribution is 2.23. The zero-order chi connectivity index (χ0) is 11.7. The third kappa shape index (κ3) is 1.84. The quantitative estimate of drug-likeness (QED) is 0.748. The van der Waals surface area contributed by atoms with Gasteiger partial charge in [-0.05, 0) is 17.5 Å². The molecular weight excluding hydrogens is 214 g/mol. The summed E-state index contributed by atoms with van der Waals surface area (Å²) in [5.74, 6) is 0.683. The van der Waals surface area contributed by atoms with Crippen LogP contribution >= 0.6 is 0 Å². The summed E-state index contributed by atoms with van der Waals surface area (Å²) in [7, 11) is 0. The van der Waals surface area contributed by atoms with Crippen LogP contribution in [0.3, 0.4) is 0 Å². The lowest BCUT2D eigenvalue weighted by atomic mass is 10.1. The maximum atomic E-state index is 11.9. The van der Waals surface area contributed by atoms with E-state index in [1.807, 2.05) is 36.4 Å². The Balaban J connectivity index is 2.14. The van der Waals surface area contributed by atoms with Gasteiger partial charge in [-0.15, -0.1) is 0 Å². The molecule has 0 saturated carbocycles. The molecule has 0 amide bonds. The lowest BCUT2D eigenvalue weighted by Crippen LogP contribution is -2.26. The van der Waals surface area contributed by atoms with Gasteiger partial charge in [0.25, 0.3) is 5.56 Å². The molecule has 0 spiro atoms. The van der Waals surface area contributed by atoms with E-state index >= 15 is 0 Å². The Morgan fingerprint density at radius 3 is 2.71 bits per heavy atom. The van der Waals surface area contributed by atoms with Gasteiger partial charge in [0.2, 0.25) is 0 Å². The predicted octanol–water partition coefficient (Wildman–Crippen LogP) is 2.30. The summed E-state index contributed by atoms with van der Waals surface area (Å²) in [5, 5.41) is 0. The largest absolute Gasteiger partial charge is 0.479 e. The summed E-state index contributed by atoms with van der Waals surface area (Å²) in [4.78, 5) is 11.9. The van der Waals surface area contributed by atoms with Gasteiger partial charge >= 0.3 is 0 Å². The van der Waals surface area contributed by atoms with Gasteiger partial charge in [-0.1, -0.05) is 30.3 Å². The fourth-order valence-corrected chi connectivity index (χ4v) is 2.11. The van der Waals surface area contributed by atoms with Crippen LogP contribution in [0.25, 0.3) is 11.1 Å². The van der Waals surface area contributed by atoms with Crippen molar-refractivity contribution in [2.24, 2.45) is 0 Å². The van der Waals surface area contributed by atoms with Crippen LogP contribution in [0.1, 0.15) is 6.42 Å². The van der Waals surface area contributed by atoms with E-state index in [0.29, 0.717) is 12.5 Å². The molecule has 1 aromatic heterocycles. The molecule has 0 radical (unpaired) electrons. The molecule has 1 aliphatic heterocycles. The van der Waals surface area contributed by atoms with Crippen LogP contribution in [0.4, 0.5) is 0 Å². The molecule has 0 fully saturated rings. The summed E-state index contributed by atoms with van der Waals surface area (Å²) in [5.41, 5.74) is 1.98. The Bertz CT molecular complexity index is 587. The highest BCUT2D eigenvalue weighted by molar-refractivity contribution is 5.63. The molecule has 86 valence electrons. The zero-order valence-electron chi connectivity index (χ0n) is 9.43. The summed E-state index contributed by atoms with van der Waals surface area (Å²) in [6, 6.07) is 13.5. The third-order valence-corrected chi connectivity index (χ3v) is 2.97. The maximum absolute atomic E-state index is 11.9. The van der Waals surface area contributed by atoms with Crippen LogP contribution in [0.2, 0.25) is 0 Å². The molecule has 2 heterocycles. The van der Waals surface area contributed by atoms with Gasteiger partial charge < -0.3 is 4.74 Å².